The van der Waals surface area contributed by atoms with Crippen molar-refractivity contribution in [1.82, 2.24) is 4.98 Å². The summed E-state index contributed by atoms with van der Waals surface area (Å²) in [6.45, 7) is 4.35. The summed E-state index contributed by atoms with van der Waals surface area (Å²) < 4.78 is 1.02. The number of aromatic nitrogens is 1. The molecule has 0 radical (unpaired) electrons. The van der Waals surface area contributed by atoms with Gasteiger partial charge in [0, 0.05) is 18.0 Å². The minimum Gasteiger partial charge on any atom is -0.366 e. The Hall–Kier alpha value is -0.220. The standard InChI is InChI=1S/C10H15BrN2S/c1-3-14-7-8(2)13-10-9(11)5-4-6-12-10/h4-6,8H,3,7H2,1-2H3,(H,12,13). The van der Waals surface area contributed by atoms with E-state index < -0.39 is 0 Å². The molecule has 1 atom stereocenters. The van der Waals surface area contributed by atoms with Crippen LogP contribution in [0.2, 0.25) is 0 Å². The number of anilines is 1. The molecule has 0 saturated heterocycles. The molecule has 0 aliphatic carbocycles. The van der Waals surface area contributed by atoms with Crippen LogP contribution in [0.1, 0.15) is 13.8 Å². The van der Waals surface area contributed by atoms with Crippen LogP contribution in [0.25, 0.3) is 0 Å². The highest BCUT2D eigenvalue weighted by molar-refractivity contribution is 9.10. The van der Waals surface area contributed by atoms with E-state index in [1.807, 2.05) is 23.9 Å². The highest BCUT2D eigenvalue weighted by Gasteiger charge is 2.04. The van der Waals surface area contributed by atoms with Crippen molar-refractivity contribution >= 4 is 33.5 Å². The van der Waals surface area contributed by atoms with E-state index in [4.69, 9.17) is 0 Å². The van der Waals surface area contributed by atoms with Gasteiger partial charge in [0.05, 0.1) is 4.47 Å². The van der Waals surface area contributed by atoms with Crippen molar-refractivity contribution in [2.24, 2.45) is 0 Å². The quantitative estimate of drug-likeness (QED) is 0.891. The molecule has 1 aromatic heterocycles. The van der Waals surface area contributed by atoms with Crippen LogP contribution in [-0.2, 0) is 0 Å². The average molecular weight is 275 g/mol. The molecule has 14 heavy (non-hydrogen) atoms. The first-order valence-corrected chi connectivity index (χ1v) is 6.63. The van der Waals surface area contributed by atoms with Crippen molar-refractivity contribution in [3.8, 4) is 0 Å². The first kappa shape index (κ1) is 11.9. The summed E-state index contributed by atoms with van der Waals surface area (Å²) >= 11 is 5.40. The SMILES string of the molecule is CCSCC(C)Nc1ncccc1Br. The molecular weight excluding hydrogens is 260 g/mol. The zero-order chi connectivity index (χ0) is 10.4. The number of halogens is 1. The van der Waals surface area contributed by atoms with Crippen molar-refractivity contribution in [3.05, 3.63) is 22.8 Å². The van der Waals surface area contributed by atoms with Gasteiger partial charge < -0.3 is 5.32 Å². The van der Waals surface area contributed by atoms with Crippen LogP contribution >= 0.6 is 27.7 Å². The second-order valence-electron chi connectivity index (χ2n) is 3.04. The summed E-state index contributed by atoms with van der Waals surface area (Å²) in [5.41, 5.74) is 0. The summed E-state index contributed by atoms with van der Waals surface area (Å²) in [5.74, 6) is 3.20. The van der Waals surface area contributed by atoms with Crippen LogP contribution in [0.15, 0.2) is 22.8 Å². The van der Waals surface area contributed by atoms with E-state index in [-0.39, 0.29) is 0 Å². The molecule has 0 saturated carbocycles. The zero-order valence-corrected chi connectivity index (χ0v) is 10.9. The lowest BCUT2D eigenvalue weighted by atomic mass is 10.4. The Bertz CT molecular complexity index is 281. The fourth-order valence-corrected chi connectivity index (χ4v) is 2.10. The Kier molecular flexibility index (Phi) is 5.33. The van der Waals surface area contributed by atoms with Crippen molar-refractivity contribution in [2.45, 2.75) is 19.9 Å². The number of hydrogen-bond donors (Lipinski definition) is 1. The second-order valence-corrected chi connectivity index (χ2v) is 5.21. The maximum Gasteiger partial charge on any atom is 0.140 e. The number of pyridine rings is 1. The molecule has 0 spiro atoms. The van der Waals surface area contributed by atoms with Crippen LogP contribution < -0.4 is 5.32 Å². The van der Waals surface area contributed by atoms with Crippen LogP contribution in [-0.4, -0.2) is 22.5 Å². The number of thioether (sulfide) groups is 1. The summed E-state index contributed by atoms with van der Waals surface area (Å²) in [6, 6.07) is 4.36. The number of rotatable bonds is 5. The van der Waals surface area contributed by atoms with Gasteiger partial charge in [-0.25, -0.2) is 4.98 Å². The average Bonchev–Trinajstić information content (AvgIpc) is 2.18. The lowest BCUT2D eigenvalue weighted by molar-refractivity contribution is 0.900. The highest BCUT2D eigenvalue weighted by atomic mass is 79.9. The molecule has 0 amide bonds. The Morgan fingerprint density at radius 3 is 3.07 bits per heavy atom. The molecule has 0 bridgehead atoms. The molecule has 1 N–H and O–H groups in total. The van der Waals surface area contributed by atoms with E-state index in [1.54, 1.807) is 6.20 Å². The number of nitrogens with zero attached hydrogens (tertiary/aromatic N) is 1. The van der Waals surface area contributed by atoms with Crippen molar-refractivity contribution in [3.63, 3.8) is 0 Å². The lowest BCUT2D eigenvalue weighted by Crippen LogP contribution is -2.19. The van der Waals surface area contributed by atoms with Gasteiger partial charge in [0.1, 0.15) is 5.82 Å². The van der Waals surface area contributed by atoms with Gasteiger partial charge in [0.25, 0.3) is 0 Å². The van der Waals surface area contributed by atoms with Gasteiger partial charge in [0.2, 0.25) is 0 Å². The molecule has 1 rings (SSSR count). The Morgan fingerprint density at radius 1 is 1.64 bits per heavy atom. The number of hydrogen-bond acceptors (Lipinski definition) is 3. The molecule has 0 aliphatic rings. The molecule has 78 valence electrons. The van der Waals surface area contributed by atoms with Gasteiger partial charge in [0.15, 0.2) is 0 Å². The molecule has 1 aromatic rings. The predicted octanol–water partition coefficient (Wildman–Crippen LogP) is 3.40. The number of nitrogens with one attached hydrogen (secondary N) is 1. The third kappa shape index (κ3) is 3.88. The highest BCUT2D eigenvalue weighted by Crippen LogP contribution is 2.19. The topological polar surface area (TPSA) is 24.9 Å². The molecule has 1 heterocycles. The summed E-state index contributed by atoms with van der Waals surface area (Å²) in [7, 11) is 0. The van der Waals surface area contributed by atoms with Crippen molar-refractivity contribution < 1.29 is 0 Å². The van der Waals surface area contributed by atoms with E-state index in [2.05, 4.69) is 40.1 Å². The molecule has 0 aliphatic heterocycles. The monoisotopic (exact) mass is 274 g/mol. The van der Waals surface area contributed by atoms with Crippen LogP contribution in [0.5, 0.6) is 0 Å². The molecule has 4 heteroatoms. The summed E-state index contributed by atoms with van der Waals surface area (Å²) in [6.07, 6.45) is 1.80. The Labute approximate surface area is 98.0 Å². The van der Waals surface area contributed by atoms with Crippen LogP contribution in [0.3, 0.4) is 0 Å². The van der Waals surface area contributed by atoms with Gasteiger partial charge >= 0.3 is 0 Å². The van der Waals surface area contributed by atoms with Crippen LogP contribution in [0, 0.1) is 0 Å². The Morgan fingerprint density at radius 2 is 2.43 bits per heavy atom. The van der Waals surface area contributed by atoms with Gasteiger partial charge in [-0.3, -0.25) is 0 Å². The second kappa shape index (κ2) is 6.30. The molecule has 0 aromatic carbocycles. The lowest BCUT2D eigenvalue weighted by Gasteiger charge is -2.14. The maximum absolute atomic E-state index is 4.26. The first-order valence-electron chi connectivity index (χ1n) is 4.68. The molecule has 1 unspecified atom stereocenters. The Balaban J connectivity index is 2.47. The minimum atomic E-state index is 0.450. The zero-order valence-electron chi connectivity index (χ0n) is 8.46. The summed E-state index contributed by atoms with van der Waals surface area (Å²) in [5, 5.41) is 3.37. The summed E-state index contributed by atoms with van der Waals surface area (Å²) in [4.78, 5) is 4.26. The fraction of sp³-hybridized carbons (Fsp3) is 0.500. The minimum absolute atomic E-state index is 0.450. The molecule has 0 fully saturated rings. The van der Waals surface area contributed by atoms with Gasteiger partial charge in [-0.1, -0.05) is 6.92 Å². The third-order valence-electron chi connectivity index (χ3n) is 1.71. The first-order chi connectivity index (χ1) is 6.74. The van der Waals surface area contributed by atoms with E-state index in [0.717, 1.165) is 21.8 Å². The normalized spacial score (nSPS) is 12.5. The van der Waals surface area contributed by atoms with Crippen molar-refractivity contribution in [2.75, 3.05) is 16.8 Å². The predicted molar refractivity (Wildman–Crippen MR) is 68.0 cm³/mol. The van der Waals surface area contributed by atoms with E-state index in [0.29, 0.717) is 6.04 Å². The largest absolute Gasteiger partial charge is 0.366 e. The van der Waals surface area contributed by atoms with Crippen molar-refractivity contribution in [1.29, 1.82) is 0 Å². The van der Waals surface area contributed by atoms with Gasteiger partial charge in [-0.15, -0.1) is 0 Å². The molecular formula is C10H15BrN2S. The van der Waals surface area contributed by atoms with E-state index in [9.17, 15) is 0 Å². The van der Waals surface area contributed by atoms with E-state index in [1.165, 1.54) is 0 Å². The van der Waals surface area contributed by atoms with E-state index >= 15 is 0 Å². The van der Waals surface area contributed by atoms with Crippen LogP contribution in [0.4, 0.5) is 5.82 Å². The fourth-order valence-electron chi connectivity index (χ4n) is 1.06. The maximum atomic E-state index is 4.26. The van der Waals surface area contributed by atoms with Gasteiger partial charge in [-0.2, -0.15) is 11.8 Å². The van der Waals surface area contributed by atoms with Gasteiger partial charge in [-0.05, 0) is 40.7 Å². The smallest absolute Gasteiger partial charge is 0.140 e. The third-order valence-corrected chi connectivity index (χ3v) is 3.50. The molecule has 2 nitrogen and oxygen atoms in total.